The highest BCUT2D eigenvalue weighted by atomic mass is 15.1. The quantitative estimate of drug-likeness (QED) is 0.837. The normalized spacial score (nSPS) is 16.4. The number of rotatable bonds is 6. The van der Waals surface area contributed by atoms with Crippen LogP contribution in [0.3, 0.4) is 0 Å². The van der Waals surface area contributed by atoms with Gasteiger partial charge in [0.1, 0.15) is 5.82 Å². The van der Waals surface area contributed by atoms with Crippen molar-refractivity contribution in [3.05, 3.63) is 23.9 Å². The van der Waals surface area contributed by atoms with E-state index >= 15 is 0 Å². The van der Waals surface area contributed by atoms with Crippen molar-refractivity contribution in [1.82, 2.24) is 9.88 Å². The lowest BCUT2D eigenvalue weighted by molar-refractivity contribution is 0.268. The van der Waals surface area contributed by atoms with Crippen LogP contribution in [0.25, 0.3) is 0 Å². The maximum atomic E-state index is 4.62. The second-order valence-electron chi connectivity index (χ2n) is 5.39. The van der Waals surface area contributed by atoms with Gasteiger partial charge in [0.15, 0.2) is 0 Å². The van der Waals surface area contributed by atoms with Crippen molar-refractivity contribution in [2.24, 2.45) is 5.92 Å². The molecular weight excluding hydrogens is 222 g/mol. The summed E-state index contributed by atoms with van der Waals surface area (Å²) in [6.45, 7) is 5.19. The van der Waals surface area contributed by atoms with Gasteiger partial charge in [0.05, 0.1) is 5.69 Å². The summed E-state index contributed by atoms with van der Waals surface area (Å²) in [6.07, 6.45) is 5.67. The smallest absolute Gasteiger partial charge is 0.126 e. The van der Waals surface area contributed by atoms with Crippen LogP contribution < -0.4 is 5.32 Å². The minimum Gasteiger partial charge on any atom is -0.370 e. The van der Waals surface area contributed by atoms with Crippen LogP contribution in [0.2, 0.25) is 0 Å². The van der Waals surface area contributed by atoms with E-state index in [4.69, 9.17) is 0 Å². The van der Waals surface area contributed by atoms with Crippen molar-refractivity contribution in [2.75, 3.05) is 25.5 Å². The number of nitrogens with one attached hydrogen (secondary N) is 1. The monoisotopic (exact) mass is 247 g/mol. The van der Waals surface area contributed by atoms with E-state index in [9.17, 15) is 0 Å². The molecule has 100 valence electrons. The Bertz CT molecular complexity index is 359. The lowest BCUT2D eigenvalue weighted by Crippen LogP contribution is -2.24. The Hall–Kier alpha value is -1.09. The fourth-order valence-electron chi connectivity index (χ4n) is 2.82. The number of hydrogen-bond donors (Lipinski definition) is 1. The summed E-state index contributed by atoms with van der Waals surface area (Å²) in [5.74, 6) is 1.90. The highest BCUT2D eigenvalue weighted by Crippen LogP contribution is 2.25. The average molecular weight is 247 g/mol. The molecule has 1 fully saturated rings. The SMILES string of the molecule is CCNc1cccc(CN(C)CC2CCCC2)n1. The zero-order valence-electron chi connectivity index (χ0n) is 11.7. The van der Waals surface area contributed by atoms with Gasteiger partial charge in [-0.3, -0.25) is 0 Å². The summed E-state index contributed by atoms with van der Waals surface area (Å²) in [4.78, 5) is 7.04. The Morgan fingerprint density at radius 1 is 1.33 bits per heavy atom. The largest absolute Gasteiger partial charge is 0.370 e. The van der Waals surface area contributed by atoms with E-state index in [1.165, 1.54) is 32.2 Å². The molecule has 1 aliphatic rings. The predicted octanol–water partition coefficient (Wildman–Crippen LogP) is 3.14. The van der Waals surface area contributed by atoms with E-state index in [2.05, 4.69) is 41.3 Å². The molecule has 3 heteroatoms. The molecule has 0 aromatic carbocycles. The van der Waals surface area contributed by atoms with E-state index < -0.39 is 0 Å². The maximum absolute atomic E-state index is 4.62. The van der Waals surface area contributed by atoms with E-state index in [1.807, 2.05) is 6.07 Å². The summed E-state index contributed by atoms with van der Waals surface area (Å²) >= 11 is 0. The van der Waals surface area contributed by atoms with Gasteiger partial charge in [-0.2, -0.15) is 0 Å². The molecule has 0 spiro atoms. The summed E-state index contributed by atoms with van der Waals surface area (Å²) in [5, 5.41) is 3.26. The fourth-order valence-corrected chi connectivity index (χ4v) is 2.82. The van der Waals surface area contributed by atoms with Gasteiger partial charge >= 0.3 is 0 Å². The van der Waals surface area contributed by atoms with E-state index in [-0.39, 0.29) is 0 Å². The van der Waals surface area contributed by atoms with Crippen molar-refractivity contribution in [3.8, 4) is 0 Å². The third-order valence-corrected chi connectivity index (χ3v) is 3.64. The van der Waals surface area contributed by atoms with E-state index in [1.54, 1.807) is 0 Å². The van der Waals surface area contributed by atoms with E-state index in [0.29, 0.717) is 0 Å². The first-order chi connectivity index (χ1) is 8.78. The van der Waals surface area contributed by atoms with Gasteiger partial charge in [-0.1, -0.05) is 18.9 Å². The zero-order chi connectivity index (χ0) is 12.8. The number of pyridine rings is 1. The summed E-state index contributed by atoms with van der Waals surface area (Å²) in [5.41, 5.74) is 1.16. The standard InChI is InChI=1S/C15H25N3/c1-3-16-15-10-6-9-14(17-15)12-18(2)11-13-7-4-5-8-13/h6,9-10,13H,3-5,7-8,11-12H2,1-2H3,(H,16,17). The van der Waals surface area contributed by atoms with Crippen LogP contribution in [0, 0.1) is 5.92 Å². The van der Waals surface area contributed by atoms with E-state index in [0.717, 1.165) is 30.5 Å². The molecule has 1 aliphatic carbocycles. The molecule has 1 aromatic rings. The number of nitrogens with zero attached hydrogens (tertiary/aromatic N) is 2. The molecule has 0 amide bonds. The fraction of sp³-hybridized carbons (Fsp3) is 0.667. The van der Waals surface area contributed by atoms with Crippen molar-refractivity contribution in [3.63, 3.8) is 0 Å². The van der Waals surface area contributed by atoms with Crippen molar-refractivity contribution < 1.29 is 0 Å². The predicted molar refractivity (Wildman–Crippen MR) is 76.7 cm³/mol. The Morgan fingerprint density at radius 2 is 2.11 bits per heavy atom. The molecule has 0 aliphatic heterocycles. The van der Waals surface area contributed by atoms with Crippen LogP contribution in [0.4, 0.5) is 5.82 Å². The third kappa shape index (κ3) is 3.98. The maximum Gasteiger partial charge on any atom is 0.126 e. The minimum atomic E-state index is 0.909. The van der Waals surface area contributed by atoms with Crippen LogP contribution in [-0.2, 0) is 6.54 Å². The molecule has 0 bridgehead atoms. The second-order valence-corrected chi connectivity index (χ2v) is 5.39. The van der Waals surface area contributed by atoms with Crippen molar-refractivity contribution in [2.45, 2.75) is 39.2 Å². The lowest BCUT2D eigenvalue weighted by atomic mass is 10.1. The van der Waals surface area contributed by atoms with Gasteiger partial charge in [-0.05, 0) is 44.9 Å². The first-order valence-corrected chi connectivity index (χ1v) is 7.16. The van der Waals surface area contributed by atoms with Crippen LogP contribution in [-0.4, -0.2) is 30.0 Å². The molecular formula is C15H25N3. The Kier molecular flexibility index (Phi) is 5.00. The Balaban J connectivity index is 1.85. The number of anilines is 1. The summed E-state index contributed by atoms with van der Waals surface area (Å²) < 4.78 is 0. The highest BCUT2D eigenvalue weighted by Gasteiger charge is 2.16. The van der Waals surface area contributed by atoms with Gasteiger partial charge in [0.2, 0.25) is 0 Å². The number of aromatic nitrogens is 1. The van der Waals surface area contributed by atoms with Crippen molar-refractivity contribution >= 4 is 5.82 Å². The van der Waals surface area contributed by atoms with Gasteiger partial charge in [-0.15, -0.1) is 0 Å². The minimum absolute atomic E-state index is 0.909. The van der Waals surface area contributed by atoms with Gasteiger partial charge < -0.3 is 10.2 Å². The van der Waals surface area contributed by atoms with Gasteiger partial charge in [-0.25, -0.2) is 4.98 Å². The molecule has 0 atom stereocenters. The van der Waals surface area contributed by atoms with Crippen LogP contribution in [0.1, 0.15) is 38.3 Å². The molecule has 1 aromatic heterocycles. The summed E-state index contributed by atoms with van der Waals surface area (Å²) in [6, 6.07) is 6.24. The Morgan fingerprint density at radius 3 is 2.83 bits per heavy atom. The van der Waals surface area contributed by atoms with Crippen molar-refractivity contribution in [1.29, 1.82) is 0 Å². The van der Waals surface area contributed by atoms with Gasteiger partial charge in [0.25, 0.3) is 0 Å². The lowest BCUT2D eigenvalue weighted by Gasteiger charge is -2.20. The number of hydrogen-bond acceptors (Lipinski definition) is 3. The average Bonchev–Trinajstić information content (AvgIpc) is 2.82. The first-order valence-electron chi connectivity index (χ1n) is 7.16. The van der Waals surface area contributed by atoms with Crippen LogP contribution in [0.5, 0.6) is 0 Å². The summed E-state index contributed by atoms with van der Waals surface area (Å²) in [7, 11) is 2.21. The van der Waals surface area contributed by atoms with Crippen LogP contribution >= 0.6 is 0 Å². The molecule has 1 N–H and O–H groups in total. The molecule has 0 unspecified atom stereocenters. The third-order valence-electron chi connectivity index (χ3n) is 3.64. The molecule has 2 rings (SSSR count). The Labute approximate surface area is 111 Å². The topological polar surface area (TPSA) is 28.2 Å². The first kappa shape index (κ1) is 13.3. The molecule has 3 nitrogen and oxygen atoms in total. The van der Waals surface area contributed by atoms with Crippen LogP contribution in [0.15, 0.2) is 18.2 Å². The second kappa shape index (κ2) is 6.74. The molecule has 0 saturated heterocycles. The molecule has 18 heavy (non-hydrogen) atoms. The molecule has 1 heterocycles. The highest BCUT2D eigenvalue weighted by molar-refractivity contribution is 5.34. The molecule has 0 radical (unpaired) electrons. The van der Waals surface area contributed by atoms with Gasteiger partial charge in [0, 0.05) is 19.6 Å². The zero-order valence-corrected chi connectivity index (χ0v) is 11.7. The molecule has 1 saturated carbocycles.